The van der Waals surface area contributed by atoms with E-state index in [1.807, 2.05) is 0 Å². The highest BCUT2D eigenvalue weighted by Gasteiger charge is 2.50. The second-order valence-corrected chi connectivity index (χ2v) is 22.0. The van der Waals surface area contributed by atoms with E-state index in [4.69, 9.17) is 49.7 Å². The first-order chi connectivity index (χ1) is 35.2. The summed E-state index contributed by atoms with van der Waals surface area (Å²) in [6, 6.07) is 0. The number of hydrogen-bond acceptors (Lipinski definition) is 30. The van der Waals surface area contributed by atoms with Crippen LogP contribution in [0.15, 0.2) is 34.9 Å². The predicted molar refractivity (Wildman–Crippen MR) is 236 cm³/mol. The minimum Gasteiger partial charge on any atom is -0.756 e. The fourth-order valence-electron chi connectivity index (χ4n) is 7.54. The van der Waals surface area contributed by atoms with Gasteiger partial charge in [-0.3, -0.25) is 46.9 Å². The molecule has 14 atom stereocenters. The molecule has 0 bridgehead atoms. The number of nitrogen functional groups attached to an aromatic ring is 3. The number of fused-ring (bicyclic) bond motifs is 3. The number of imidazole rings is 3. The topological polar surface area (TPSA) is 548 Å². The molecule has 6 aromatic heterocycles. The highest BCUT2D eigenvalue weighted by Crippen LogP contribution is 2.66. The average Bonchev–Trinajstić information content (AvgIpc) is 4.13. The lowest BCUT2D eigenvalue weighted by Gasteiger charge is -2.30. The summed E-state index contributed by atoms with van der Waals surface area (Å²) >= 11 is 0. The molecule has 0 aromatic carbocycles. The normalized spacial score (nSPS) is 26.3. The number of phosphoric acid groups is 4. The van der Waals surface area contributed by atoms with Crippen molar-refractivity contribution in [2.75, 3.05) is 57.3 Å². The van der Waals surface area contributed by atoms with Gasteiger partial charge in [0.15, 0.2) is 47.6 Å². The van der Waals surface area contributed by atoms with Crippen molar-refractivity contribution in [1.29, 1.82) is 0 Å². The van der Waals surface area contributed by atoms with Crippen LogP contribution in [0.25, 0.3) is 33.5 Å². The minimum absolute atomic E-state index is 0.0230. The summed E-state index contributed by atoms with van der Waals surface area (Å²) in [7, 11) is -21.4. The van der Waals surface area contributed by atoms with Crippen LogP contribution in [-0.2, 0) is 71.0 Å². The molecule has 2 aliphatic rings. The van der Waals surface area contributed by atoms with Gasteiger partial charge >= 0.3 is 21.3 Å². The zero-order chi connectivity index (χ0) is 54.5. The maximum Gasteiger partial charge on any atom is 0.487 e. The summed E-state index contributed by atoms with van der Waals surface area (Å²) in [5, 5.41) is 32.0. The third-order valence-electron chi connectivity index (χ3n) is 10.8. The molecule has 2 fully saturated rings. The number of nitrogens with two attached hydrogens (primary N) is 3. The van der Waals surface area contributed by atoms with Crippen LogP contribution >= 0.6 is 31.3 Å². The number of ether oxygens (including phenoxy) is 4. The summed E-state index contributed by atoms with van der Waals surface area (Å²) in [5.74, 6) is -0.772. The van der Waals surface area contributed by atoms with E-state index in [2.05, 4.69) is 53.0 Å². The number of phosphoric ester groups is 3. The maximum absolute atomic E-state index is 15.4. The van der Waals surface area contributed by atoms with Crippen LogP contribution in [0.5, 0.6) is 0 Å². The molecule has 2 aliphatic heterocycles. The molecule has 8 heterocycles. The van der Waals surface area contributed by atoms with E-state index < -0.39 is 137 Å². The fourth-order valence-corrected chi connectivity index (χ4v) is 11.8. The van der Waals surface area contributed by atoms with E-state index in [0.717, 1.165) is 34.4 Å². The van der Waals surface area contributed by atoms with Crippen LogP contribution in [0.3, 0.4) is 0 Å². The Balaban J connectivity index is 0.913. The Bertz CT molecular complexity index is 3400. The van der Waals surface area contributed by atoms with Crippen molar-refractivity contribution in [3.05, 3.63) is 46.0 Å². The van der Waals surface area contributed by atoms with E-state index in [-0.39, 0.29) is 51.2 Å². The molecule has 412 valence electrons. The van der Waals surface area contributed by atoms with Crippen LogP contribution in [0.2, 0.25) is 0 Å². The monoisotopic (exact) mass is 1150 g/mol. The van der Waals surface area contributed by atoms with Gasteiger partial charge in [-0.2, -0.15) is 9.29 Å². The molecule has 38 nitrogen and oxygen atoms in total. The number of aliphatic hydroxyl groups excluding tert-OH is 3. The van der Waals surface area contributed by atoms with Gasteiger partial charge in [-0.05, 0) is 0 Å². The van der Waals surface area contributed by atoms with E-state index in [1.54, 1.807) is 0 Å². The van der Waals surface area contributed by atoms with Gasteiger partial charge in [-0.25, -0.2) is 42.3 Å². The molecule has 0 radical (unpaired) electrons. The number of hydrogen-bond donors (Lipinski definition) is 10. The molecule has 8 rings (SSSR count). The van der Waals surface area contributed by atoms with Gasteiger partial charge in [0.1, 0.15) is 48.5 Å². The standard InChI is InChI=1S/C32H44FN15O23P4/c1-45-11-48(26-19(45)28(53)44-32(36)42-26)29-16(33)20(49)13(68-29)5-66-74(58,59)71-75(60,61)70-73(56,57)64-4-12(67-15(7-62-2)46-9-39-17-23(34)37-8-38-24(17)46)3-63-72(54,55)65-6-14-21(50)22(51)30(69-14)47-10-40-18-25(47)41-31(35)43-27(18)52/h8-16,20-22,29-30,49-51H,3-7H2,1-2H3,(H11-,34,35,36,37,38,41,42,43,44,52,53,54,55,56,57,58,59,60,61)/p-1/t12-,13+,14+,15+,16-,20?,21-,22?,29+,30+/m0/s1. The van der Waals surface area contributed by atoms with E-state index >= 15 is 4.39 Å². The molecule has 0 saturated carbocycles. The number of methoxy groups -OCH3 is 1. The lowest BCUT2D eigenvalue weighted by molar-refractivity contribution is -0.744. The van der Waals surface area contributed by atoms with Crippen molar-refractivity contribution >= 4 is 82.5 Å². The summed E-state index contributed by atoms with van der Waals surface area (Å²) in [4.78, 5) is 99.5. The number of rotatable bonds is 23. The van der Waals surface area contributed by atoms with Crippen molar-refractivity contribution in [2.24, 2.45) is 7.05 Å². The van der Waals surface area contributed by atoms with Crippen molar-refractivity contribution in [1.82, 2.24) is 53.6 Å². The van der Waals surface area contributed by atoms with Crippen molar-refractivity contribution in [3.8, 4) is 0 Å². The fraction of sp³-hybridized carbons (Fsp3) is 0.531. The lowest BCUT2D eigenvalue weighted by atomic mass is 10.1. The minimum atomic E-state index is -6.30. The first-order valence-corrected chi connectivity index (χ1v) is 26.9. The van der Waals surface area contributed by atoms with Crippen LogP contribution in [-0.4, -0.2) is 162 Å². The molecule has 75 heavy (non-hydrogen) atoms. The number of H-pyrrole nitrogens is 2. The molecule has 2 saturated heterocycles. The van der Waals surface area contributed by atoms with Crippen molar-refractivity contribution in [3.63, 3.8) is 0 Å². The third-order valence-corrected chi connectivity index (χ3v) is 16.0. The summed E-state index contributed by atoms with van der Waals surface area (Å²) in [5.41, 5.74) is 15.1. The Morgan fingerprint density at radius 2 is 1.45 bits per heavy atom. The van der Waals surface area contributed by atoms with Gasteiger partial charge in [-0.15, -0.1) is 0 Å². The Morgan fingerprint density at radius 1 is 0.800 bits per heavy atom. The van der Waals surface area contributed by atoms with Crippen molar-refractivity contribution in [2.45, 2.75) is 61.5 Å². The number of alkyl halides is 1. The quantitative estimate of drug-likeness (QED) is 0.0213. The van der Waals surface area contributed by atoms with E-state index in [0.29, 0.717) is 0 Å². The number of aryl methyl sites for hydroxylation is 1. The van der Waals surface area contributed by atoms with Gasteiger partial charge in [-0.1, -0.05) is 4.98 Å². The third kappa shape index (κ3) is 12.3. The zero-order valence-corrected chi connectivity index (χ0v) is 41.7. The highest BCUT2D eigenvalue weighted by atomic mass is 31.3. The molecule has 0 amide bonds. The van der Waals surface area contributed by atoms with Crippen LogP contribution in [0.1, 0.15) is 18.7 Å². The Kier molecular flexibility index (Phi) is 16.2. The number of nitrogens with zero attached hydrogens (tertiary/aromatic N) is 10. The smallest absolute Gasteiger partial charge is 0.487 e. The number of aromatic nitrogens is 12. The van der Waals surface area contributed by atoms with Crippen LogP contribution in [0, 0.1) is 0 Å². The largest absolute Gasteiger partial charge is 0.756 e. The molecule has 43 heteroatoms. The molecular weight excluding hydrogens is 1110 g/mol. The second-order valence-electron chi connectivity index (χ2n) is 16.0. The molecular formula is C32H43FN15O23P4-. The SMILES string of the molecule is COC[C@@H](O[C@@H](COP(=O)([O-])OC[C@H]1O[C@@H](n2cnc3c(=O)[nH]c(N)nc32)C(O)[C@H]1O)COP(=O)(O)OP(=O)(O)OP(=O)([O-])OC[C@H]1O[C@@H]([n+]2cn(C)c3c(=O)[nH]c(N)nc32)[C@@H](F)C1O)n1cnc2c(N)ncnc21. The Morgan fingerprint density at radius 3 is 2.17 bits per heavy atom. The van der Waals surface area contributed by atoms with E-state index in [9.17, 15) is 62.7 Å². The molecule has 0 spiro atoms. The van der Waals surface area contributed by atoms with Gasteiger partial charge in [0.2, 0.25) is 17.7 Å². The summed E-state index contributed by atoms with van der Waals surface area (Å²) < 4.78 is 121. The summed E-state index contributed by atoms with van der Waals surface area (Å²) in [6.45, 7) is -5.28. The Hall–Kier alpha value is -5.18. The first kappa shape index (κ1) is 56.0. The Labute approximate surface area is 415 Å². The van der Waals surface area contributed by atoms with Crippen LogP contribution < -0.4 is 42.7 Å². The maximum atomic E-state index is 15.4. The van der Waals surface area contributed by atoms with Crippen molar-refractivity contribution < 1.29 is 108 Å². The number of nitrogens with one attached hydrogen (secondary N) is 2. The average molecular weight is 1150 g/mol. The molecule has 13 N–H and O–H groups in total. The number of anilines is 3. The van der Waals surface area contributed by atoms with Gasteiger partial charge in [0.25, 0.3) is 32.7 Å². The number of aromatic amines is 2. The van der Waals surface area contributed by atoms with Gasteiger partial charge < -0.3 is 84.6 Å². The number of aliphatic hydroxyl groups is 3. The second kappa shape index (κ2) is 21.7. The first-order valence-electron chi connectivity index (χ1n) is 21.0. The van der Waals surface area contributed by atoms with Gasteiger partial charge in [0, 0.05) is 7.11 Å². The van der Waals surface area contributed by atoms with Crippen LogP contribution in [0.4, 0.5) is 22.1 Å². The zero-order valence-electron chi connectivity index (χ0n) is 38.1. The molecule has 6 aromatic rings. The molecule has 0 aliphatic carbocycles. The van der Waals surface area contributed by atoms with Gasteiger partial charge in [0.05, 0.1) is 52.7 Å². The predicted octanol–water partition coefficient (Wildman–Crippen LogP) is -4.75. The van der Waals surface area contributed by atoms with E-state index in [1.165, 1.54) is 23.3 Å². The highest BCUT2D eigenvalue weighted by molar-refractivity contribution is 7.66. The summed E-state index contributed by atoms with van der Waals surface area (Å²) in [6.07, 6.45) is -13.7. The number of halogens is 1. The lowest BCUT2D eigenvalue weighted by Crippen LogP contribution is -2.44. The molecule has 6 unspecified atom stereocenters.